The van der Waals surface area contributed by atoms with Gasteiger partial charge in [0, 0.05) is 12.8 Å². The van der Waals surface area contributed by atoms with E-state index in [0.29, 0.717) is 38.9 Å². The Labute approximate surface area is 174 Å². The fourth-order valence-corrected chi connectivity index (χ4v) is 3.17. The third-order valence-corrected chi connectivity index (χ3v) is 5.03. The first-order valence-corrected chi connectivity index (χ1v) is 12.0. The van der Waals surface area contributed by atoms with Crippen molar-refractivity contribution in [3.63, 3.8) is 0 Å². The Kier molecular flexibility index (Phi) is 21.4. The lowest BCUT2D eigenvalue weighted by molar-refractivity contribution is -0.146. The Balaban J connectivity index is 3.28. The number of hydrogen-bond acceptors (Lipinski definition) is 4. The number of esters is 2. The van der Waals surface area contributed by atoms with Gasteiger partial charge in [-0.05, 0) is 25.7 Å². The Morgan fingerprint density at radius 1 is 0.464 bits per heavy atom. The Morgan fingerprint density at radius 2 is 0.786 bits per heavy atom. The molecule has 4 nitrogen and oxygen atoms in total. The molecule has 0 fully saturated rings. The summed E-state index contributed by atoms with van der Waals surface area (Å²) in [6, 6.07) is 0. The fourth-order valence-electron chi connectivity index (χ4n) is 3.17. The second-order valence-corrected chi connectivity index (χ2v) is 7.89. The lowest BCUT2D eigenvalue weighted by atomic mass is 10.1. The highest BCUT2D eigenvalue weighted by Gasteiger charge is 2.06. The summed E-state index contributed by atoms with van der Waals surface area (Å²) in [5.74, 6) is -0.279. The van der Waals surface area contributed by atoms with Gasteiger partial charge in [-0.3, -0.25) is 9.59 Å². The van der Waals surface area contributed by atoms with Gasteiger partial charge in [0.1, 0.15) is 0 Å². The number of carbonyl (C=O) groups is 2. The second-order valence-electron chi connectivity index (χ2n) is 7.89. The van der Waals surface area contributed by atoms with Crippen LogP contribution in [0.5, 0.6) is 0 Å². The molecule has 0 aromatic carbocycles. The molecule has 0 N–H and O–H groups in total. The lowest BCUT2D eigenvalue weighted by Gasteiger charge is -2.06. The van der Waals surface area contributed by atoms with Crippen molar-refractivity contribution in [2.45, 2.75) is 129 Å². The van der Waals surface area contributed by atoms with Crippen molar-refractivity contribution in [2.75, 3.05) is 13.2 Å². The van der Waals surface area contributed by atoms with Crippen LogP contribution >= 0.6 is 0 Å². The lowest BCUT2D eigenvalue weighted by Crippen LogP contribution is -2.08. The average molecular weight is 399 g/mol. The standard InChI is InChI=1S/C24H46O4/c1-3-5-7-9-10-11-12-13-14-18-22-28-24(26)20-16-15-19-23(25)27-21-17-8-6-4-2/h3-22H2,1-2H3. The molecule has 0 atom stereocenters. The summed E-state index contributed by atoms with van der Waals surface area (Å²) in [5.41, 5.74) is 0. The number of rotatable bonds is 21. The van der Waals surface area contributed by atoms with Crippen LogP contribution in [0.2, 0.25) is 0 Å². The first kappa shape index (κ1) is 26.9. The van der Waals surface area contributed by atoms with Crippen molar-refractivity contribution in [3.05, 3.63) is 0 Å². The minimum absolute atomic E-state index is 0.135. The fraction of sp³-hybridized carbons (Fsp3) is 0.917. The summed E-state index contributed by atoms with van der Waals surface area (Å²) < 4.78 is 10.5. The van der Waals surface area contributed by atoms with Crippen LogP contribution < -0.4 is 0 Å². The van der Waals surface area contributed by atoms with E-state index in [4.69, 9.17) is 9.47 Å². The van der Waals surface area contributed by atoms with Crippen LogP contribution in [0, 0.1) is 0 Å². The van der Waals surface area contributed by atoms with Gasteiger partial charge in [0.25, 0.3) is 0 Å². The van der Waals surface area contributed by atoms with Crippen molar-refractivity contribution < 1.29 is 19.1 Å². The van der Waals surface area contributed by atoms with E-state index in [-0.39, 0.29) is 11.9 Å². The van der Waals surface area contributed by atoms with Crippen LogP contribution in [0.15, 0.2) is 0 Å². The van der Waals surface area contributed by atoms with Crippen LogP contribution in [0.25, 0.3) is 0 Å². The molecule has 0 heterocycles. The molecule has 0 radical (unpaired) electrons. The van der Waals surface area contributed by atoms with Gasteiger partial charge < -0.3 is 9.47 Å². The number of carbonyl (C=O) groups excluding carboxylic acids is 2. The van der Waals surface area contributed by atoms with Gasteiger partial charge in [-0.2, -0.15) is 0 Å². The third-order valence-electron chi connectivity index (χ3n) is 5.03. The highest BCUT2D eigenvalue weighted by molar-refractivity contribution is 5.70. The molecule has 4 heteroatoms. The normalized spacial score (nSPS) is 10.8. The zero-order chi connectivity index (χ0) is 20.7. The van der Waals surface area contributed by atoms with Gasteiger partial charge in [-0.15, -0.1) is 0 Å². The molecule has 0 rings (SSSR count). The van der Waals surface area contributed by atoms with E-state index >= 15 is 0 Å². The molecular weight excluding hydrogens is 352 g/mol. The van der Waals surface area contributed by atoms with E-state index in [9.17, 15) is 9.59 Å². The highest BCUT2D eigenvalue weighted by atomic mass is 16.5. The largest absolute Gasteiger partial charge is 0.466 e. The van der Waals surface area contributed by atoms with Crippen LogP contribution in [0.4, 0.5) is 0 Å². The summed E-state index contributed by atoms with van der Waals surface area (Å²) in [7, 11) is 0. The molecule has 0 aliphatic rings. The third kappa shape index (κ3) is 21.2. The van der Waals surface area contributed by atoms with Gasteiger partial charge in [0.05, 0.1) is 13.2 Å². The summed E-state index contributed by atoms with van der Waals surface area (Å²) >= 11 is 0. The minimum atomic E-state index is -0.143. The SMILES string of the molecule is CCCCCCCCCCCCOC(=O)CCCCC(=O)OCCCCCC. The summed E-state index contributed by atoms with van der Waals surface area (Å²) in [4.78, 5) is 23.2. The Bertz CT molecular complexity index is 355. The molecule has 0 amide bonds. The van der Waals surface area contributed by atoms with E-state index in [2.05, 4.69) is 13.8 Å². The van der Waals surface area contributed by atoms with Gasteiger partial charge in [-0.1, -0.05) is 90.9 Å². The quantitative estimate of drug-likeness (QED) is 0.152. The van der Waals surface area contributed by atoms with Crippen LogP contribution in [0.1, 0.15) is 129 Å². The van der Waals surface area contributed by atoms with E-state index in [1.807, 2.05) is 0 Å². The molecule has 28 heavy (non-hydrogen) atoms. The van der Waals surface area contributed by atoms with Crippen LogP contribution in [-0.4, -0.2) is 25.2 Å². The zero-order valence-corrected chi connectivity index (χ0v) is 18.8. The summed E-state index contributed by atoms with van der Waals surface area (Å²) in [6.07, 6.45) is 19.4. The van der Waals surface area contributed by atoms with Crippen molar-refractivity contribution in [2.24, 2.45) is 0 Å². The zero-order valence-electron chi connectivity index (χ0n) is 18.8. The van der Waals surface area contributed by atoms with E-state index in [1.165, 1.54) is 64.2 Å². The van der Waals surface area contributed by atoms with E-state index in [1.54, 1.807) is 0 Å². The number of hydrogen-bond donors (Lipinski definition) is 0. The summed E-state index contributed by atoms with van der Waals surface area (Å²) in [5, 5.41) is 0. The highest BCUT2D eigenvalue weighted by Crippen LogP contribution is 2.11. The van der Waals surface area contributed by atoms with Crippen molar-refractivity contribution in [1.82, 2.24) is 0 Å². The predicted molar refractivity (Wildman–Crippen MR) is 116 cm³/mol. The maximum atomic E-state index is 11.7. The van der Waals surface area contributed by atoms with E-state index in [0.717, 1.165) is 25.7 Å². The maximum Gasteiger partial charge on any atom is 0.305 e. The minimum Gasteiger partial charge on any atom is -0.466 e. The van der Waals surface area contributed by atoms with E-state index < -0.39 is 0 Å². The molecule has 0 aromatic heterocycles. The Morgan fingerprint density at radius 3 is 1.18 bits per heavy atom. The molecule has 0 aromatic rings. The first-order valence-electron chi connectivity index (χ1n) is 12.0. The van der Waals surface area contributed by atoms with Gasteiger partial charge in [-0.25, -0.2) is 0 Å². The van der Waals surface area contributed by atoms with Crippen LogP contribution in [0.3, 0.4) is 0 Å². The Hall–Kier alpha value is -1.06. The smallest absolute Gasteiger partial charge is 0.305 e. The first-order chi connectivity index (χ1) is 13.7. The number of unbranched alkanes of at least 4 members (excludes halogenated alkanes) is 13. The molecule has 0 aliphatic heterocycles. The predicted octanol–water partition coefficient (Wildman–Crippen LogP) is 7.13. The molecule has 166 valence electrons. The van der Waals surface area contributed by atoms with Gasteiger partial charge in [0.2, 0.25) is 0 Å². The molecule has 0 spiro atoms. The molecule has 0 aliphatic carbocycles. The molecule has 0 saturated heterocycles. The van der Waals surface area contributed by atoms with Crippen molar-refractivity contribution >= 4 is 11.9 Å². The second kappa shape index (κ2) is 22.2. The number of ether oxygens (including phenoxy) is 2. The van der Waals surface area contributed by atoms with Gasteiger partial charge in [0.15, 0.2) is 0 Å². The summed E-state index contributed by atoms with van der Waals surface area (Å²) in [6.45, 7) is 5.48. The molecule has 0 saturated carbocycles. The van der Waals surface area contributed by atoms with Crippen molar-refractivity contribution in [1.29, 1.82) is 0 Å². The molecular formula is C24H46O4. The van der Waals surface area contributed by atoms with Crippen molar-refractivity contribution in [3.8, 4) is 0 Å². The average Bonchev–Trinajstić information content (AvgIpc) is 2.69. The van der Waals surface area contributed by atoms with Gasteiger partial charge >= 0.3 is 11.9 Å². The van der Waals surface area contributed by atoms with Crippen LogP contribution in [-0.2, 0) is 19.1 Å². The maximum absolute atomic E-state index is 11.7. The monoisotopic (exact) mass is 398 g/mol. The molecule has 0 bridgehead atoms. The molecule has 0 unspecified atom stereocenters. The topological polar surface area (TPSA) is 52.6 Å².